The molecule has 0 saturated carbocycles. The first-order chi connectivity index (χ1) is 7.76. The van der Waals surface area contributed by atoms with Gasteiger partial charge in [-0.15, -0.1) is 0 Å². The Morgan fingerprint density at radius 3 is 2.19 bits per heavy atom. The third-order valence-electron chi connectivity index (χ3n) is 3.51. The lowest BCUT2D eigenvalue weighted by Gasteiger charge is -2.17. The lowest BCUT2D eigenvalue weighted by molar-refractivity contribution is 0.369. The molecule has 1 nitrogen and oxygen atoms in total. The van der Waals surface area contributed by atoms with Crippen molar-refractivity contribution >= 4 is 8.80 Å². The van der Waals surface area contributed by atoms with Crippen molar-refractivity contribution in [1.29, 1.82) is 0 Å². The van der Waals surface area contributed by atoms with E-state index in [0.29, 0.717) is 0 Å². The molecule has 94 valence electrons. The number of rotatable bonds is 7. The van der Waals surface area contributed by atoms with Gasteiger partial charge in [-0.25, -0.2) is 0 Å². The van der Waals surface area contributed by atoms with Crippen LogP contribution in [0.3, 0.4) is 0 Å². The minimum Gasteiger partial charge on any atom is -0.299 e. The highest BCUT2D eigenvalue weighted by Gasteiger charge is 2.12. The summed E-state index contributed by atoms with van der Waals surface area (Å²) < 4.78 is 0. The number of likely N-dealkylation sites (tertiary alicyclic amines) is 1. The van der Waals surface area contributed by atoms with Crippen LogP contribution in [0.2, 0.25) is 12.1 Å². The smallest absolute Gasteiger partial charge is 0.0614 e. The predicted octanol–water partition coefficient (Wildman–Crippen LogP) is 3.61. The summed E-state index contributed by atoms with van der Waals surface area (Å²) in [6, 6.07) is 3.01. The zero-order chi connectivity index (χ0) is 11.8. The van der Waals surface area contributed by atoms with Crippen molar-refractivity contribution in [2.75, 3.05) is 19.6 Å². The van der Waals surface area contributed by atoms with Crippen molar-refractivity contribution < 1.29 is 0 Å². The molecule has 1 saturated heterocycles. The lowest BCUT2D eigenvalue weighted by atomic mass is 10.3. The van der Waals surface area contributed by atoms with Gasteiger partial charge < -0.3 is 0 Å². The summed E-state index contributed by atoms with van der Waals surface area (Å²) in [4.78, 5) is 2.62. The van der Waals surface area contributed by atoms with Gasteiger partial charge in [0, 0.05) is 6.54 Å². The van der Waals surface area contributed by atoms with Gasteiger partial charge in [-0.05, 0) is 32.9 Å². The second-order valence-corrected chi connectivity index (χ2v) is 8.34. The number of hydrogen-bond acceptors (Lipinski definition) is 1. The molecule has 0 spiro atoms. The molecule has 1 aliphatic heterocycles. The van der Waals surface area contributed by atoms with Gasteiger partial charge in [0.1, 0.15) is 0 Å². The van der Waals surface area contributed by atoms with E-state index in [1.54, 1.807) is 5.57 Å². The Hall–Kier alpha value is -0.0831. The average Bonchev–Trinajstić information content (AvgIpc) is 2.71. The van der Waals surface area contributed by atoms with E-state index >= 15 is 0 Å². The Labute approximate surface area is 104 Å². The Morgan fingerprint density at radius 1 is 1.12 bits per heavy atom. The highest BCUT2D eigenvalue weighted by molar-refractivity contribution is 6.64. The minimum atomic E-state index is -0.541. The van der Waals surface area contributed by atoms with Crippen LogP contribution in [0.25, 0.3) is 0 Å². The maximum atomic E-state index is 2.69. The summed E-state index contributed by atoms with van der Waals surface area (Å²) in [5.41, 5.74) is 4.34. The first kappa shape index (κ1) is 14.0. The summed E-state index contributed by atoms with van der Waals surface area (Å²) in [6.45, 7) is 10.9. The normalized spacial score (nSPS) is 18.6. The molecule has 1 heterocycles. The minimum absolute atomic E-state index is 0.541. The van der Waals surface area contributed by atoms with Crippen molar-refractivity contribution in [2.24, 2.45) is 0 Å². The molecule has 1 fully saturated rings. The van der Waals surface area contributed by atoms with Crippen molar-refractivity contribution in [1.82, 2.24) is 4.90 Å². The molecule has 16 heavy (non-hydrogen) atoms. The molecule has 0 unspecified atom stereocenters. The van der Waals surface area contributed by atoms with Crippen molar-refractivity contribution in [3.8, 4) is 0 Å². The Morgan fingerprint density at radius 2 is 1.69 bits per heavy atom. The Kier molecular flexibility index (Phi) is 7.05. The zero-order valence-electron chi connectivity index (χ0n) is 11.5. The standard InChI is InChI=1S/C14H29NSi/c1-4-10-16(11-5-2)13-14(3)12-15-8-6-7-9-15/h13,16H,4-12H2,1-3H3. The van der Waals surface area contributed by atoms with Gasteiger partial charge >= 0.3 is 0 Å². The van der Waals surface area contributed by atoms with Crippen LogP contribution in [0.1, 0.15) is 46.5 Å². The predicted molar refractivity (Wildman–Crippen MR) is 76.8 cm³/mol. The number of hydrogen-bond donors (Lipinski definition) is 0. The van der Waals surface area contributed by atoms with E-state index in [1.165, 1.54) is 57.4 Å². The Balaban J connectivity index is 2.37. The van der Waals surface area contributed by atoms with Crippen LogP contribution in [0.5, 0.6) is 0 Å². The molecule has 1 rings (SSSR count). The van der Waals surface area contributed by atoms with E-state index in [1.807, 2.05) is 0 Å². The van der Waals surface area contributed by atoms with E-state index in [4.69, 9.17) is 0 Å². The molecule has 2 heteroatoms. The van der Waals surface area contributed by atoms with Crippen molar-refractivity contribution in [3.63, 3.8) is 0 Å². The SMILES string of the molecule is CCC[SiH](C=C(C)CN1CCCC1)CCC. The van der Waals surface area contributed by atoms with E-state index in [9.17, 15) is 0 Å². The van der Waals surface area contributed by atoms with Gasteiger partial charge in [0.05, 0.1) is 8.80 Å². The van der Waals surface area contributed by atoms with Crippen LogP contribution in [0, 0.1) is 0 Å². The van der Waals surface area contributed by atoms with Gasteiger partial charge in [-0.1, -0.05) is 50.0 Å². The van der Waals surface area contributed by atoms with E-state index in [0.717, 1.165) is 0 Å². The van der Waals surface area contributed by atoms with Crippen LogP contribution < -0.4 is 0 Å². The molecule has 1 aliphatic rings. The lowest BCUT2D eigenvalue weighted by Crippen LogP contribution is -2.22. The largest absolute Gasteiger partial charge is 0.299 e. The third-order valence-corrected chi connectivity index (χ3v) is 7.19. The van der Waals surface area contributed by atoms with E-state index in [2.05, 4.69) is 31.4 Å². The molecule has 0 aliphatic carbocycles. The Bertz CT molecular complexity index is 201. The molecule has 0 aromatic heterocycles. The maximum absolute atomic E-state index is 2.69. The summed E-state index contributed by atoms with van der Waals surface area (Å²) >= 11 is 0. The van der Waals surface area contributed by atoms with E-state index < -0.39 is 8.80 Å². The third kappa shape index (κ3) is 5.31. The molecule has 0 amide bonds. The van der Waals surface area contributed by atoms with Crippen LogP contribution in [-0.4, -0.2) is 33.3 Å². The molecule has 0 N–H and O–H groups in total. The fourth-order valence-corrected chi connectivity index (χ4v) is 5.82. The van der Waals surface area contributed by atoms with Crippen LogP contribution in [-0.2, 0) is 0 Å². The molecular weight excluding hydrogens is 210 g/mol. The molecule has 0 aromatic rings. The quantitative estimate of drug-likeness (QED) is 0.613. The van der Waals surface area contributed by atoms with Crippen LogP contribution >= 0.6 is 0 Å². The van der Waals surface area contributed by atoms with Gasteiger partial charge in [0.15, 0.2) is 0 Å². The van der Waals surface area contributed by atoms with Crippen LogP contribution in [0.15, 0.2) is 11.3 Å². The average molecular weight is 239 g/mol. The highest BCUT2D eigenvalue weighted by atomic mass is 28.3. The zero-order valence-corrected chi connectivity index (χ0v) is 12.6. The summed E-state index contributed by atoms with van der Waals surface area (Å²) in [6.07, 6.45) is 5.59. The van der Waals surface area contributed by atoms with Crippen LogP contribution in [0.4, 0.5) is 0 Å². The van der Waals surface area contributed by atoms with Crippen molar-refractivity contribution in [2.45, 2.75) is 58.5 Å². The molecule has 0 bridgehead atoms. The summed E-state index contributed by atoms with van der Waals surface area (Å²) in [5, 5.41) is 0. The van der Waals surface area contributed by atoms with Gasteiger partial charge in [0.25, 0.3) is 0 Å². The topological polar surface area (TPSA) is 3.24 Å². The van der Waals surface area contributed by atoms with E-state index in [-0.39, 0.29) is 0 Å². The van der Waals surface area contributed by atoms with Gasteiger partial charge in [-0.2, -0.15) is 0 Å². The fraction of sp³-hybridized carbons (Fsp3) is 0.857. The van der Waals surface area contributed by atoms with Gasteiger partial charge in [0.2, 0.25) is 0 Å². The molecule has 0 atom stereocenters. The van der Waals surface area contributed by atoms with Gasteiger partial charge in [-0.3, -0.25) is 4.90 Å². The first-order valence-corrected chi connectivity index (χ1v) is 9.45. The maximum Gasteiger partial charge on any atom is 0.0614 e. The van der Waals surface area contributed by atoms with Crippen molar-refractivity contribution in [3.05, 3.63) is 11.3 Å². The second kappa shape index (κ2) is 8.07. The molecule has 0 aromatic carbocycles. The number of nitrogens with zero attached hydrogens (tertiary/aromatic N) is 1. The fourth-order valence-electron chi connectivity index (χ4n) is 2.80. The summed E-state index contributed by atoms with van der Waals surface area (Å²) in [7, 11) is -0.541. The molecular formula is C14H29NSi. The monoisotopic (exact) mass is 239 g/mol. The first-order valence-electron chi connectivity index (χ1n) is 7.15. The highest BCUT2D eigenvalue weighted by Crippen LogP contribution is 2.13. The molecule has 0 radical (unpaired) electrons. The second-order valence-electron chi connectivity index (χ2n) is 5.33. The summed E-state index contributed by atoms with van der Waals surface area (Å²) in [5.74, 6) is 0.